The van der Waals surface area contributed by atoms with Gasteiger partial charge in [0.25, 0.3) is 0 Å². The first-order chi connectivity index (χ1) is 17.5. The summed E-state index contributed by atoms with van der Waals surface area (Å²) < 4.78 is 16.0. The maximum absolute atomic E-state index is 12.9. The SMILES string of the molecule is CCOC(=O)c1[nH]c2cc(OC)c(OC)cc2c1NC(=O)CCN1CCN(Cc2ccccc2)CC1. The topological polar surface area (TPSA) is 96.1 Å². The third-order valence-corrected chi connectivity index (χ3v) is 6.42. The van der Waals surface area contributed by atoms with Gasteiger partial charge in [-0.25, -0.2) is 4.79 Å². The number of hydrogen-bond acceptors (Lipinski definition) is 7. The van der Waals surface area contributed by atoms with Crippen LogP contribution in [0.3, 0.4) is 0 Å². The van der Waals surface area contributed by atoms with E-state index in [1.54, 1.807) is 33.3 Å². The van der Waals surface area contributed by atoms with Gasteiger partial charge in [0.1, 0.15) is 5.69 Å². The first-order valence-electron chi connectivity index (χ1n) is 12.3. The summed E-state index contributed by atoms with van der Waals surface area (Å²) in [4.78, 5) is 33.4. The van der Waals surface area contributed by atoms with E-state index in [9.17, 15) is 9.59 Å². The average molecular weight is 495 g/mol. The Bertz CT molecular complexity index is 1190. The molecule has 2 N–H and O–H groups in total. The van der Waals surface area contributed by atoms with E-state index in [0.717, 1.165) is 32.7 Å². The lowest BCUT2D eigenvalue weighted by Gasteiger charge is -2.34. The molecule has 3 aromatic rings. The largest absolute Gasteiger partial charge is 0.493 e. The molecule has 1 aromatic heterocycles. The fraction of sp³-hybridized carbons (Fsp3) is 0.407. The fourth-order valence-corrected chi connectivity index (χ4v) is 4.48. The number of rotatable bonds is 10. The molecule has 4 rings (SSSR count). The monoisotopic (exact) mass is 494 g/mol. The smallest absolute Gasteiger partial charge is 0.356 e. The molecule has 1 aliphatic rings. The molecule has 0 saturated carbocycles. The lowest BCUT2D eigenvalue weighted by molar-refractivity contribution is -0.116. The van der Waals surface area contributed by atoms with Crippen LogP contribution in [-0.4, -0.2) is 80.2 Å². The van der Waals surface area contributed by atoms with Crippen LogP contribution in [-0.2, 0) is 16.1 Å². The number of esters is 1. The molecule has 192 valence electrons. The van der Waals surface area contributed by atoms with Crippen LogP contribution in [0.25, 0.3) is 10.9 Å². The van der Waals surface area contributed by atoms with E-state index >= 15 is 0 Å². The van der Waals surface area contributed by atoms with Gasteiger partial charge in [-0.15, -0.1) is 0 Å². The minimum atomic E-state index is -0.531. The zero-order valence-electron chi connectivity index (χ0n) is 21.1. The first-order valence-corrected chi connectivity index (χ1v) is 12.3. The number of nitrogens with zero attached hydrogens (tertiary/aromatic N) is 2. The van der Waals surface area contributed by atoms with Crippen LogP contribution in [0.4, 0.5) is 5.69 Å². The molecular weight excluding hydrogens is 460 g/mol. The Hall–Kier alpha value is -3.56. The van der Waals surface area contributed by atoms with Gasteiger partial charge in [0.15, 0.2) is 11.5 Å². The highest BCUT2D eigenvalue weighted by Gasteiger charge is 2.23. The summed E-state index contributed by atoms with van der Waals surface area (Å²) in [7, 11) is 3.09. The van der Waals surface area contributed by atoms with Crippen LogP contribution in [0.1, 0.15) is 29.4 Å². The van der Waals surface area contributed by atoms with Crippen molar-refractivity contribution in [3.63, 3.8) is 0 Å². The zero-order chi connectivity index (χ0) is 25.5. The van der Waals surface area contributed by atoms with Crippen molar-refractivity contribution in [1.82, 2.24) is 14.8 Å². The van der Waals surface area contributed by atoms with Gasteiger partial charge in [-0.05, 0) is 18.6 Å². The molecular formula is C27H34N4O5. The molecule has 0 bridgehead atoms. The summed E-state index contributed by atoms with van der Waals surface area (Å²) in [5, 5.41) is 3.59. The number of anilines is 1. The van der Waals surface area contributed by atoms with E-state index in [0.29, 0.717) is 41.1 Å². The van der Waals surface area contributed by atoms with Gasteiger partial charge in [-0.3, -0.25) is 9.69 Å². The highest BCUT2D eigenvalue weighted by atomic mass is 16.5. The number of H-pyrrole nitrogens is 1. The van der Waals surface area contributed by atoms with Gasteiger partial charge in [0.05, 0.1) is 32.0 Å². The average Bonchev–Trinajstić information content (AvgIpc) is 3.25. The van der Waals surface area contributed by atoms with E-state index in [2.05, 4.69) is 44.4 Å². The Morgan fingerprint density at radius 3 is 2.31 bits per heavy atom. The standard InChI is InChI=1S/C27H34N4O5/c1-4-36-27(33)26-25(20-16-22(34-2)23(35-3)17-21(20)28-26)29-24(32)10-11-30-12-14-31(15-13-30)18-19-8-6-5-7-9-19/h5-9,16-17,28H,4,10-15,18H2,1-3H3,(H,29,32). The number of ether oxygens (including phenoxy) is 3. The number of benzene rings is 2. The quantitative estimate of drug-likeness (QED) is 0.417. The lowest BCUT2D eigenvalue weighted by atomic mass is 10.2. The summed E-state index contributed by atoms with van der Waals surface area (Å²) >= 11 is 0. The number of carbonyl (C=O) groups excluding carboxylic acids is 2. The van der Waals surface area contributed by atoms with Crippen molar-refractivity contribution in [2.45, 2.75) is 19.9 Å². The van der Waals surface area contributed by atoms with E-state index in [1.165, 1.54) is 5.56 Å². The molecule has 1 aliphatic heterocycles. The molecule has 0 radical (unpaired) electrons. The first kappa shape index (κ1) is 25.5. The Morgan fingerprint density at radius 2 is 1.64 bits per heavy atom. The van der Waals surface area contributed by atoms with Gasteiger partial charge >= 0.3 is 5.97 Å². The normalized spacial score (nSPS) is 14.5. The molecule has 9 nitrogen and oxygen atoms in total. The number of carbonyl (C=O) groups is 2. The van der Waals surface area contributed by atoms with Crippen molar-refractivity contribution < 1.29 is 23.8 Å². The predicted molar refractivity (Wildman–Crippen MR) is 139 cm³/mol. The van der Waals surface area contributed by atoms with Crippen molar-refractivity contribution in [2.24, 2.45) is 0 Å². The van der Waals surface area contributed by atoms with Crippen LogP contribution in [0, 0.1) is 0 Å². The Labute approximate surface area is 211 Å². The van der Waals surface area contributed by atoms with Gasteiger partial charge in [-0.2, -0.15) is 0 Å². The van der Waals surface area contributed by atoms with Crippen molar-refractivity contribution >= 4 is 28.5 Å². The minimum absolute atomic E-state index is 0.164. The molecule has 0 unspecified atom stereocenters. The number of fused-ring (bicyclic) bond motifs is 1. The minimum Gasteiger partial charge on any atom is -0.493 e. The van der Waals surface area contributed by atoms with Crippen LogP contribution in [0.15, 0.2) is 42.5 Å². The van der Waals surface area contributed by atoms with E-state index in [4.69, 9.17) is 14.2 Å². The molecule has 0 spiro atoms. The summed E-state index contributed by atoms with van der Waals surface area (Å²) in [5.74, 6) is 0.327. The number of hydrogen-bond donors (Lipinski definition) is 2. The van der Waals surface area contributed by atoms with Gasteiger partial charge in [0, 0.05) is 57.1 Å². The number of aromatic nitrogens is 1. The Morgan fingerprint density at radius 1 is 0.972 bits per heavy atom. The second-order valence-corrected chi connectivity index (χ2v) is 8.75. The van der Waals surface area contributed by atoms with Crippen LogP contribution >= 0.6 is 0 Å². The van der Waals surface area contributed by atoms with E-state index < -0.39 is 5.97 Å². The highest BCUT2D eigenvalue weighted by molar-refractivity contribution is 6.11. The number of amides is 1. The maximum atomic E-state index is 12.9. The molecule has 36 heavy (non-hydrogen) atoms. The summed E-state index contributed by atoms with van der Waals surface area (Å²) in [5.41, 5.74) is 2.54. The number of piperazine rings is 1. The third kappa shape index (κ3) is 5.98. The van der Waals surface area contributed by atoms with Crippen molar-refractivity contribution in [2.75, 3.05) is 58.9 Å². The fourth-order valence-electron chi connectivity index (χ4n) is 4.48. The maximum Gasteiger partial charge on any atom is 0.356 e. The van der Waals surface area contributed by atoms with Gasteiger partial charge in [-0.1, -0.05) is 30.3 Å². The van der Waals surface area contributed by atoms with Crippen LogP contribution in [0.2, 0.25) is 0 Å². The second-order valence-electron chi connectivity index (χ2n) is 8.75. The van der Waals surface area contributed by atoms with Crippen LogP contribution < -0.4 is 14.8 Å². The van der Waals surface area contributed by atoms with Crippen molar-refractivity contribution in [1.29, 1.82) is 0 Å². The number of methoxy groups -OCH3 is 2. The summed E-state index contributed by atoms with van der Waals surface area (Å²) in [6.45, 7) is 7.33. The molecule has 1 fully saturated rings. The molecule has 0 aliphatic carbocycles. The zero-order valence-corrected chi connectivity index (χ0v) is 21.1. The lowest BCUT2D eigenvalue weighted by Crippen LogP contribution is -2.46. The molecule has 9 heteroatoms. The molecule has 1 amide bonds. The highest BCUT2D eigenvalue weighted by Crippen LogP contribution is 2.37. The van der Waals surface area contributed by atoms with Gasteiger partial charge < -0.3 is 29.4 Å². The van der Waals surface area contributed by atoms with E-state index in [-0.39, 0.29) is 18.2 Å². The third-order valence-electron chi connectivity index (χ3n) is 6.42. The summed E-state index contributed by atoms with van der Waals surface area (Å²) in [6, 6.07) is 14.0. The molecule has 0 atom stereocenters. The van der Waals surface area contributed by atoms with Gasteiger partial charge in [0.2, 0.25) is 5.91 Å². The van der Waals surface area contributed by atoms with E-state index in [1.807, 2.05) is 6.07 Å². The molecule has 2 heterocycles. The number of aromatic amines is 1. The Balaban J connectivity index is 1.39. The van der Waals surface area contributed by atoms with Crippen molar-refractivity contribution in [3.05, 3.63) is 53.7 Å². The predicted octanol–water partition coefficient (Wildman–Crippen LogP) is 3.51. The van der Waals surface area contributed by atoms with Crippen molar-refractivity contribution in [3.8, 4) is 11.5 Å². The summed E-state index contributed by atoms with van der Waals surface area (Å²) in [6.07, 6.45) is 0.320. The Kier molecular flexibility index (Phi) is 8.45. The molecule has 2 aromatic carbocycles. The number of nitrogens with one attached hydrogen (secondary N) is 2. The second kappa shape index (κ2) is 11.9. The molecule has 1 saturated heterocycles. The van der Waals surface area contributed by atoms with Crippen LogP contribution in [0.5, 0.6) is 11.5 Å².